The van der Waals surface area contributed by atoms with E-state index in [1.165, 1.54) is 12.8 Å². The molecule has 116 valence electrons. The Hall–Kier alpha value is -1.35. The lowest BCUT2D eigenvalue weighted by molar-refractivity contribution is -0.134. The van der Waals surface area contributed by atoms with Crippen LogP contribution < -0.4 is 5.73 Å². The number of likely N-dealkylation sites (N-methyl/N-ethyl adjacent to an activating group) is 1. The molecule has 1 atom stereocenters. The molecule has 3 nitrogen and oxygen atoms in total. The lowest BCUT2D eigenvalue weighted by atomic mass is 9.75. The minimum absolute atomic E-state index is 0.161. The molecule has 1 aliphatic carbocycles. The van der Waals surface area contributed by atoms with Gasteiger partial charge in [0.1, 0.15) is 0 Å². The Morgan fingerprint density at radius 1 is 1.29 bits per heavy atom. The largest absolute Gasteiger partial charge is 0.342 e. The van der Waals surface area contributed by atoms with Gasteiger partial charge in [0, 0.05) is 19.6 Å². The molecule has 1 aromatic carbocycles. The summed E-state index contributed by atoms with van der Waals surface area (Å²) in [4.78, 5) is 14.7. The topological polar surface area (TPSA) is 46.3 Å². The highest BCUT2D eigenvalue weighted by Crippen LogP contribution is 2.37. The van der Waals surface area contributed by atoms with Gasteiger partial charge in [-0.3, -0.25) is 4.79 Å². The van der Waals surface area contributed by atoms with Crippen molar-refractivity contribution in [2.75, 3.05) is 13.6 Å². The molecular formula is C18H28N2O. The average molecular weight is 288 g/mol. The van der Waals surface area contributed by atoms with Gasteiger partial charge in [0.25, 0.3) is 0 Å². The molecule has 0 bridgehead atoms. The van der Waals surface area contributed by atoms with E-state index in [9.17, 15) is 4.79 Å². The standard InChI is InChI=1S/C18H28N2O/c1-18(2)11-9-15(10-12-18)20(3)17(21)16(13-19)14-7-5-4-6-8-14/h4-8,15-16H,9-13,19H2,1-3H3. The number of hydrogen-bond acceptors (Lipinski definition) is 2. The molecule has 0 spiro atoms. The molecule has 2 N–H and O–H groups in total. The molecule has 1 fully saturated rings. The lowest BCUT2D eigenvalue weighted by Crippen LogP contribution is -2.44. The van der Waals surface area contributed by atoms with Crippen molar-refractivity contribution in [2.24, 2.45) is 11.1 Å². The molecular weight excluding hydrogens is 260 g/mol. The van der Waals surface area contributed by atoms with Crippen molar-refractivity contribution in [1.29, 1.82) is 0 Å². The SMILES string of the molecule is CN(C(=O)C(CN)c1ccccc1)C1CCC(C)(C)CC1. The second-order valence-electron chi connectivity index (χ2n) is 7.04. The summed E-state index contributed by atoms with van der Waals surface area (Å²) in [5, 5.41) is 0. The average Bonchev–Trinajstić information content (AvgIpc) is 2.48. The van der Waals surface area contributed by atoms with Crippen molar-refractivity contribution in [3.63, 3.8) is 0 Å². The Morgan fingerprint density at radius 2 is 1.86 bits per heavy atom. The minimum Gasteiger partial charge on any atom is -0.342 e. The van der Waals surface area contributed by atoms with E-state index in [1.54, 1.807) is 0 Å². The summed E-state index contributed by atoms with van der Waals surface area (Å²) < 4.78 is 0. The Kier molecular flexibility index (Phi) is 5.04. The van der Waals surface area contributed by atoms with Crippen molar-refractivity contribution >= 4 is 5.91 Å². The first-order valence-corrected chi connectivity index (χ1v) is 7.96. The number of benzene rings is 1. The predicted octanol–water partition coefficient (Wildman–Crippen LogP) is 3.16. The first kappa shape index (κ1) is 16.0. The van der Waals surface area contributed by atoms with Crippen LogP contribution in [-0.2, 0) is 4.79 Å². The molecule has 0 radical (unpaired) electrons. The van der Waals surface area contributed by atoms with Crippen molar-refractivity contribution < 1.29 is 4.79 Å². The third kappa shape index (κ3) is 3.85. The fraction of sp³-hybridized carbons (Fsp3) is 0.611. The summed E-state index contributed by atoms with van der Waals surface area (Å²) in [6.07, 6.45) is 4.57. The number of carbonyl (C=O) groups excluding carboxylic acids is 1. The van der Waals surface area contributed by atoms with Gasteiger partial charge in [0.2, 0.25) is 5.91 Å². The molecule has 0 heterocycles. The maximum Gasteiger partial charge on any atom is 0.231 e. The molecule has 1 unspecified atom stereocenters. The predicted molar refractivity (Wildman–Crippen MR) is 87.0 cm³/mol. The van der Waals surface area contributed by atoms with E-state index >= 15 is 0 Å². The molecule has 0 aromatic heterocycles. The third-order valence-electron chi connectivity index (χ3n) is 4.94. The van der Waals surface area contributed by atoms with E-state index in [4.69, 9.17) is 5.73 Å². The number of hydrogen-bond donors (Lipinski definition) is 1. The number of carbonyl (C=O) groups is 1. The van der Waals surface area contributed by atoms with Gasteiger partial charge in [-0.2, -0.15) is 0 Å². The highest BCUT2D eigenvalue weighted by molar-refractivity contribution is 5.84. The summed E-state index contributed by atoms with van der Waals surface area (Å²) in [5.41, 5.74) is 7.31. The molecule has 3 heteroatoms. The van der Waals surface area contributed by atoms with E-state index in [0.29, 0.717) is 18.0 Å². The van der Waals surface area contributed by atoms with Gasteiger partial charge < -0.3 is 10.6 Å². The molecule has 0 aliphatic heterocycles. The van der Waals surface area contributed by atoms with E-state index in [0.717, 1.165) is 18.4 Å². The maximum atomic E-state index is 12.8. The third-order valence-corrected chi connectivity index (χ3v) is 4.94. The number of nitrogens with two attached hydrogens (primary N) is 1. The van der Waals surface area contributed by atoms with Crippen LogP contribution in [0.4, 0.5) is 0 Å². The number of rotatable bonds is 4. The van der Waals surface area contributed by atoms with Gasteiger partial charge in [-0.15, -0.1) is 0 Å². The number of amides is 1. The monoisotopic (exact) mass is 288 g/mol. The summed E-state index contributed by atoms with van der Waals surface area (Å²) in [7, 11) is 1.94. The Balaban J connectivity index is 2.04. The first-order chi connectivity index (χ1) is 9.94. The van der Waals surface area contributed by atoms with Crippen LogP contribution >= 0.6 is 0 Å². The fourth-order valence-electron chi connectivity index (χ4n) is 3.26. The number of nitrogens with zero attached hydrogens (tertiary/aromatic N) is 1. The van der Waals surface area contributed by atoms with Crippen LogP contribution in [0.15, 0.2) is 30.3 Å². The Bertz CT molecular complexity index is 459. The van der Waals surface area contributed by atoms with E-state index in [2.05, 4.69) is 13.8 Å². The van der Waals surface area contributed by atoms with Gasteiger partial charge in [-0.25, -0.2) is 0 Å². The van der Waals surface area contributed by atoms with E-state index in [1.807, 2.05) is 42.3 Å². The second-order valence-corrected chi connectivity index (χ2v) is 7.04. The summed E-state index contributed by atoms with van der Waals surface area (Å²) in [5.74, 6) is -0.0560. The zero-order valence-corrected chi connectivity index (χ0v) is 13.5. The molecule has 1 aliphatic rings. The van der Waals surface area contributed by atoms with Crippen LogP contribution in [-0.4, -0.2) is 30.4 Å². The second kappa shape index (κ2) is 6.61. The van der Waals surface area contributed by atoms with Crippen LogP contribution in [0.1, 0.15) is 51.0 Å². The summed E-state index contributed by atoms with van der Waals surface area (Å²) >= 11 is 0. The summed E-state index contributed by atoms with van der Waals surface area (Å²) in [6, 6.07) is 10.3. The fourth-order valence-corrected chi connectivity index (χ4v) is 3.26. The minimum atomic E-state index is -0.217. The Morgan fingerprint density at radius 3 is 2.38 bits per heavy atom. The van der Waals surface area contributed by atoms with Gasteiger partial charge in [0.05, 0.1) is 5.92 Å². The smallest absolute Gasteiger partial charge is 0.231 e. The van der Waals surface area contributed by atoms with Crippen LogP contribution in [0.2, 0.25) is 0 Å². The quantitative estimate of drug-likeness (QED) is 0.925. The van der Waals surface area contributed by atoms with Crippen LogP contribution in [0, 0.1) is 5.41 Å². The van der Waals surface area contributed by atoms with E-state index in [-0.39, 0.29) is 11.8 Å². The van der Waals surface area contributed by atoms with Gasteiger partial charge in [-0.1, -0.05) is 44.2 Å². The lowest BCUT2D eigenvalue weighted by Gasteiger charge is -2.39. The molecule has 21 heavy (non-hydrogen) atoms. The van der Waals surface area contributed by atoms with Gasteiger partial charge >= 0.3 is 0 Å². The molecule has 1 aromatic rings. The van der Waals surface area contributed by atoms with Crippen LogP contribution in [0.25, 0.3) is 0 Å². The highest BCUT2D eigenvalue weighted by Gasteiger charge is 2.32. The van der Waals surface area contributed by atoms with Gasteiger partial charge in [0.15, 0.2) is 0 Å². The van der Waals surface area contributed by atoms with Crippen LogP contribution in [0.5, 0.6) is 0 Å². The van der Waals surface area contributed by atoms with Gasteiger partial charge in [-0.05, 0) is 36.7 Å². The molecule has 1 amide bonds. The maximum absolute atomic E-state index is 12.8. The highest BCUT2D eigenvalue weighted by atomic mass is 16.2. The Labute approximate surface area is 128 Å². The van der Waals surface area contributed by atoms with Crippen molar-refractivity contribution in [3.05, 3.63) is 35.9 Å². The first-order valence-electron chi connectivity index (χ1n) is 7.96. The van der Waals surface area contributed by atoms with Crippen molar-refractivity contribution in [2.45, 2.75) is 51.5 Å². The zero-order chi connectivity index (χ0) is 15.5. The molecule has 0 saturated heterocycles. The van der Waals surface area contributed by atoms with Crippen molar-refractivity contribution in [1.82, 2.24) is 4.90 Å². The summed E-state index contributed by atoms with van der Waals surface area (Å²) in [6.45, 7) is 5.00. The normalized spacial score (nSPS) is 20.0. The zero-order valence-electron chi connectivity index (χ0n) is 13.5. The van der Waals surface area contributed by atoms with E-state index < -0.39 is 0 Å². The molecule has 2 rings (SSSR count). The van der Waals surface area contributed by atoms with Crippen molar-refractivity contribution in [3.8, 4) is 0 Å². The van der Waals surface area contributed by atoms with Crippen LogP contribution in [0.3, 0.4) is 0 Å². The molecule has 1 saturated carbocycles.